The number of aromatic nitrogens is 1. The minimum absolute atomic E-state index is 0.505. The maximum Gasteiger partial charge on any atom is 0.0487 e. The van der Waals surface area contributed by atoms with E-state index in [0.717, 1.165) is 6.42 Å². The smallest absolute Gasteiger partial charge is 0.0487 e. The number of hydrogen-bond donors (Lipinski definition) is 1. The monoisotopic (exact) mass is 216 g/mol. The van der Waals surface area contributed by atoms with Crippen LogP contribution >= 0.6 is 0 Å². The number of benzene rings is 1. The normalized spacial score (nSPS) is 11.6. The van der Waals surface area contributed by atoms with Crippen LogP contribution in [0.4, 0.5) is 0 Å². The first-order valence-electron chi connectivity index (χ1n) is 5.94. The van der Waals surface area contributed by atoms with E-state index in [1.807, 2.05) is 0 Å². The quantitative estimate of drug-likeness (QED) is 0.840. The number of nitrogens with zero attached hydrogens (tertiary/aromatic N) is 1. The van der Waals surface area contributed by atoms with Crippen LogP contribution in [0, 0.1) is 6.92 Å². The first-order valence-corrected chi connectivity index (χ1v) is 5.94. The van der Waals surface area contributed by atoms with Gasteiger partial charge in [0.25, 0.3) is 0 Å². The Hall–Kier alpha value is -1.28. The number of nitrogens with two attached hydrogens (primary N) is 1. The molecule has 0 bridgehead atoms. The third-order valence-corrected chi connectivity index (χ3v) is 3.05. The van der Waals surface area contributed by atoms with Gasteiger partial charge in [-0.3, -0.25) is 0 Å². The van der Waals surface area contributed by atoms with E-state index in [1.54, 1.807) is 0 Å². The summed E-state index contributed by atoms with van der Waals surface area (Å²) < 4.78 is 2.38. The third-order valence-electron chi connectivity index (χ3n) is 3.05. The van der Waals surface area contributed by atoms with E-state index in [2.05, 4.69) is 49.6 Å². The van der Waals surface area contributed by atoms with Gasteiger partial charge in [0, 0.05) is 17.3 Å². The molecule has 0 fully saturated rings. The number of hydrogen-bond acceptors (Lipinski definition) is 1. The van der Waals surface area contributed by atoms with E-state index >= 15 is 0 Å². The molecule has 2 N–H and O–H groups in total. The predicted octanol–water partition coefficient (Wildman–Crippen LogP) is 3.03. The van der Waals surface area contributed by atoms with Crippen molar-refractivity contribution in [2.24, 2.45) is 5.73 Å². The summed E-state index contributed by atoms with van der Waals surface area (Å²) in [4.78, 5) is 0. The lowest BCUT2D eigenvalue weighted by atomic mass is 10.1. The Labute approximate surface area is 97.1 Å². The summed E-state index contributed by atoms with van der Waals surface area (Å²) in [5.41, 5.74) is 9.59. The van der Waals surface area contributed by atoms with Gasteiger partial charge in [0.05, 0.1) is 0 Å². The van der Waals surface area contributed by atoms with Gasteiger partial charge in [0.2, 0.25) is 0 Å². The van der Waals surface area contributed by atoms with Gasteiger partial charge in [-0.25, -0.2) is 0 Å². The fraction of sp³-hybridized carbons (Fsp3) is 0.429. The Morgan fingerprint density at radius 3 is 2.62 bits per heavy atom. The molecule has 16 heavy (non-hydrogen) atoms. The Morgan fingerprint density at radius 2 is 2.00 bits per heavy atom. The van der Waals surface area contributed by atoms with Crippen molar-refractivity contribution in [2.45, 2.75) is 33.2 Å². The zero-order valence-corrected chi connectivity index (χ0v) is 10.3. The van der Waals surface area contributed by atoms with Gasteiger partial charge in [-0.1, -0.05) is 12.1 Å². The van der Waals surface area contributed by atoms with E-state index in [4.69, 9.17) is 5.73 Å². The maximum absolute atomic E-state index is 5.60. The standard InChI is InChI=1S/C14H20N2/c1-10(2)16-11(3)8-13-5-4-12(6-7-15)9-14(13)16/h4-5,8-10H,6-7,15H2,1-3H3. The second kappa shape index (κ2) is 4.30. The highest BCUT2D eigenvalue weighted by Gasteiger charge is 2.08. The zero-order chi connectivity index (χ0) is 11.7. The van der Waals surface area contributed by atoms with Crippen molar-refractivity contribution in [2.75, 3.05) is 6.54 Å². The van der Waals surface area contributed by atoms with Crippen molar-refractivity contribution in [3.05, 3.63) is 35.5 Å². The van der Waals surface area contributed by atoms with Crippen LogP contribution < -0.4 is 5.73 Å². The van der Waals surface area contributed by atoms with Gasteiger partial charge >= 0.3 is 0 Å². The van der Waals surface area contributed by atoms with Crippen molar-refractivity contribution in [3.8, 4) is 0 Å². The van der Waals surface area contributed by atoms with Crippen LogP contribution in [0.3, 0.4) is 0 Å². The zero-order valence-electron chi connectivity index (χ0n) is 10.3. The highest BCUT2D eigenvalue weighted by atomic mass is 15.0. The van der Waals surface area contributed by atoms with E-state index in [0.29, 0.717) is 12.6 Å². The van der Waals surface area contributed by atoms with E-state index in [1.165, 1.54) is 22.2 Å². The number of fused-ring (bicyclic) bond motifs is 1. The number of aryl methyl sites for hydroxylation is 1. The molecular formula is C14H20N2. The maximum atomic E-state index is 5.60. The van der Waals surface area contributed by atoms with Crippen molar-refractivity contribution in [3.63, 3.8) is 0 Å². The third kappa shape index (κ3) is 1.85. The minimum atomic E-state index is 0.505. The lowest BCUT2D eigenvalue weighted by Gasteiger charge is -2.12. The molecule has 0 aliphatic rings. The summed E-state index contributed by atoms with van der Waals surface area (Å²) in [6.45, 7) is 7.33. The second-order valence-corrected chi connectivity index (χ2v) is 4.68. The van der Waals surface area contributed by atoms with Crippen LogP contribution in [0.5, 0.6) is 0 Å². The lowest BCUT2D eigenvalue weighted by molar-refractivity contribution is 0.607. The van der Waals surface area contributed by atoms with Gasteiger partial charge in [-0.2, -0.15) is 0 Å². The van der Waals surface area contributed by atoms with Gasteiger partial charge in [-0.05, 0) is 56.8 Å². The topological polar surface area (TPSA) is 30.9 Å². The van der Waals surface area contributed by atoms with E-state index in [-0.39, 0.29) is 0 Å². The van der Waals surface area contributed by atoms with Gasteiger partial charge in [0.15, 0.2) is 0 Å². The summed E-state index contributed by atoms with van der Waals surface area (Å²) in [6.07, 6.45) is 0.957. The summed E-state index contributed by atoms with van der Waals surface area (Å²) >= 11 is 0. The predicted molar refractivity (Wildman–Crippen MR) is 69.8 cm³/mol. The van der Waals surface area contributed by atoms with Crippen LogP contribution in [0.15, 0.2) is 24.3 Å². The Balaban J connectivity index is 2.60. The van der Waals surface area contributed by atoms with Crippen LogP contribution in [0.1, 0.15) is 31.1 Å². The molecule has 0 amide bonds. The van der Waals surface area contributed by atoms with Crippen LogP contribution in [0.2, 0.25) is 0 Å². The minimum Gasteiger partial charge on any atom is -0.342 e. The summed E-state index contributed by atoms with van der Waals surface area (Å²) in [6, 6.07) is 9.41. The number of rotatable bonds is 3. The molecule has 0 unspecified atom stereocenters. The van der Waals surface area contributed by atoms with Gasteiger partial charge in [0.1, 0.15) is 0 Å². The SMILES string of the molecule is Cc1cc2ccc(CCN)cc2n1C(C)C. The van der Waals surface area contributed by atoms with Crippen molar-refractivity contribution in [1.29, 1.82) is 0 Å². The molecule has 2 nitrogen and oxygen atoms in total. The Bertz CT molecular complexity index is 495. The van der Waals surface area contributed by atoms with Crippen LogP contribution in [-0.4, -0.2) is 11.1 Å². The Kier molecular flexibility index (Phi) is 3.01. The van der Waals surface area contributed by atoms with Gasteiger partial charge in [-0.15, -0.1) is 0 Å². The fourth-order valence-corrected chi connectivity index (χ4v) is 2.41. The van der Waals surface area contributed by atoms with Crippen molar-refractivity contribution >= 4 is 10.9 Å². The highest BCUT2D eigenvalue weighted by Crippen LogP contribution is 2.24. The molecular weight excluding hydrogens is 196 g/mol. The summed E-state index contributed by atoms with van der Waals surface area (Å²) in [5.74, 6) is 0. The molecule has 2 rings (SSSR count). The first kappa shape index (κ1) is 11.2. The average Bonchev–Trinajstić information content (AvgIpc) is 2.53. The highest BCUT2D eigenvalue weighted by molar-refractivity contribution is 5.82. The largest absolute Gasteiger partial charge is 0.342 e. The van der Waals surface area contributed by atoms with Gasteiger partial charge < -0.3 is 10.3 Å². The molecule has 0 aliphatic heterocycles. The second-order valence-electron chi connectivity index (χ2n) is 4.68. The van der Waals surface area contributed by atoms with E-state index < -0.39 is 0 Å². The first-order chi connectivity index (χ1) is 7.63. The molecule has 0 radical (unpaired) electrons. The molecule has 86 valence electrons. The van der Waals surface area contributed by atoms with Crippen LogP contribution in [-0.2, 0) is 6.42 Å². The molecule has 0 saturated carbocycles. The summed E-state index contributed by atoms with van der Waals surface area (Å²) in [7, 11) is 0. The van der Waals surface area contributed by atoms with Crippen LogP contribution in [0.25, 0.3) is 10.9 Å². The molecule has 0 atom stereocenters. The fourth-order valence-electron chi connectivity index (χ4n) is 2.41. The van der Waals surface area contributed by atoms with Crippen molar-refractivity contribution < 1.29 is 0 Å². The lowest BCUT2D eigenvalue weighted by Crippen LogP contribution is -2.04. The molecule has 1 aromatic heterocycles. The van der Waals surface area contributed by atoms with Crippen molar-refractivity contribution in [1.82, 2.24) is 4.57 Å². The average molecular weight is 216 g/mol. The molecule has 0 spiro atoms. The molecule has 1 heterocycles. The Morgan fingerprint density at radius 1 is 1.25 bits per heavy atom. The molecule has 0 aliphatic carbocycles. The molecule has 0 saturated heterocycles. The van der Waals surface area contributed by atoms with E-state index in [9.17, 15) is 0 Å². The summed E-state index contributed by atoms with van der Waals surface area (Å²) in [5, 5.41) is 1.33. The molecule has 2 aromatic rings. The molecule has 2 heteroatoms. The molecule has 1 aromatic carbocycles.